The molecule has 0 saturated carbocycles. The van der Waals surface area contributed by atoms with Crippen molar-refractivity contribution in [2.75, 3.05) is 5.32 Å². The summed E-state index contributed by atoms with van der Waals surface area (Å²) in [7, 11) is 0. The Bertz CT molecular complexity index is 700. The van der Waals surface area contributed by atoms with Crippen molar-refractivity contribution < 1.29 is 18.5 Å². The lowest BCUT2D eigenvalue weighted by Crippen LogP contribution is -2.14. The van der Waals surface area contributed by atoms with Gasteiger partial charge in [-0.3, -0.25) is 20.0 Å². The fourth-order valence-corrected chi connectivity index (χ4v) is 1.75. The maximum atomic E-state index is 12.6. The number of aromatic nitrogens is 2. The van der Waals surface area contributed by atoms with E-state index in [0.29, 0.717) is 0 Å². The van der Waals surface area contributed by atoms with Gasteiger partial charge in [0.25, 0.3) is 12.3 Å². The third kappa shape index (κ3) is 3.02. The fourth-order valence-electron chi connectivity index (χ4n) is 1.75. The summed E-state index contributed by atoms with van der Waals surface area (Å²) in [5, 5.41) is 19.1. The van der Waals surface area contributed by atoms with E-state index >= 15 is 0 Å². The first-order valence-corrected chi connectivity index (χ1v) is 5.79. The highest BCUT2D eigenvalue weighted by molar-refractivity contribution is 6.05. The first kappa shape index (κ1) is 14.6. The molecule has 0 aliphatic heterocycles. The average Bonchev–Trinajstić information content (AvgIpc) is 2.81. The summed E-state index contributed by atoms with van der Waals surface area (Å²) in [4.78, 5) is 22.1. The second kappa shape index (κ2) is 5.65. The molecule has 1 amide bonds. The molecule has 9 heteroatoms. The first-order chi connectivity index (χ1) is 9.90. The highest BCUT2D eigenvalue weighted by Crippen LogP contribution is 2.24. The van der Waals surface area contributed by atoms with Crippen LogP contribution in [0.15, 0.2) is 24.3 Å². The van der Waals surface area contributed by atoms with Crippen LogP contribution >= 0.6 is 0 Å². The number of rotatable bonds is 4. The van der Waals surface area contributed by atoms with E-state index in [9.17, 15) is 23.7 Å². The van der Waals surface area contributed by atoms with Crippen molar-refractivity contribution in [1.29, 1.82) is 0 Å². The number of nitrogens with zero attached hydrogens (tertiary/aromatic N) is 2. The summed E-state index contributed by atoms with van der Waals surface area (Å²) in [5.74, 6) is -0.850. The topological polar surface area (TPSA) is 101 Å². The Morgan fingerprint density at radius 1 is 1.48 bits per heavy atom. The number of nitrogens with one attached hydrogen (secondary N) is 2. The number of aromatic amines is 1. The second-order valence-corrected chi connectivity index (χ2v) is 4.18. The van der Waals surface area contributed by atoms with Gasteiger partial charge in [-0.2, -0.15) is 5.10 Å². The number of carbonyl (C=O) groups excluding carboxylic acids is 1. The smallest absolute Gasteiger partial charge is 0.320 e. The number of amides is 1. The van der Waals surface area contributed by atoms with Gasteiger partial charge in [-0.15, -0.1) is 0 Å². The molecule has 0 spiro atoms. The van der Waals surface area contributed by atoms with Gasteiger partial charge >= 0.3 is 5.69 Å². The van der Waals surface area contributed by atoms with E-state index in [1.807, 2.05) is 0 Å². The summed E-state index contributed by atoms with van der Waals surface area (Å²) in [6, 6.07) is 5.05. The summed E-state index contributed by atoms with van der Waals surface area (Å²) in [5.41, 5.74) is -0.878. The van der Waals surface area contributed by atoms with Gasteiger partial charge in [-0.25, -0.2) is 8.78 Å². The molecular formula is C12H10F2N4O3. The molecule has 7 nitrogen and oxygen atoms in total. The van der Waals surface area contributed by atoms with Gasteiger partial charge in [-0.1, -0.05) is 12.1 Å². The Hall–Kier alpha value is -2.84. The molecule has 110 valence electrons. The lowest BCUT2D eigenvalue weighted by molar-refractivity contribution is -0.385. The van der Waals surface area contributed by atoms with Gasteiger partial charge in [0, 0.05) is 11.3 Å². The number of hydrogen-bond acceptors (Lipinski definition) is 4. The Labute approximate surface area is 117 Å². The van der Waals surface area contributed by atoms with Crippen molar-refractivity contribution in [3.63, 3.8) is 0 Å². The van der Waals surface area contributed by atoms with E-state index in [2.05, 4.69) is 15.5 Å². The number of anilines is 1. The molecule has 0 atom stereocenters. The number of H-pyrrole nitrogens is 1. The molecule has 21 heavy (non-hydrogen) atoms. The Morgan fingerprint density at radius 2 is 2.19 bits per heavy atom. The minimum absolute atomic E-state index is 0.104. The molecule has 0 saturated heterocycles. The standard InChI is InChI=1S/C12H10F2N4O3/c1-6-10(18(20)21)9(17-16-6)12(19)15-8-4-2-3-7(5-8)11(13)14/h2-5,11H,1H3,(H,15,19)(H,16,17). The molecule has 1 aromatic heterocycles. The Balaban J connectivity index is 2.26. The third-order valence-corrected chi connectivity index (χ3v) is 2.71. The largest absolute Gasteiger partial charge is 0.322 e. The number of hydrogen-bond donors (Lipinski definition) is 2. The number of alkyl halides is 2. The number of benzene rings is 1. The van der Waals surface area contributed by atoms with Crippen LogP contribution in [-0.4, -0.2) is 21.0 Å². The van der Waals surface area contributed by atoms with Crippen molar-refractivity contribution >= 4 is 17.3 Å². The number of halogens is 2. The van der Waals surface area contributed by atoms with E-state index in [1.54, 1.807) is 0 Å². The van der Waals surface area contributed by atoms with Crippen LogP contribution in [0.1, 0.15) is 28.2 Å². The van der Waals surface area contributed by atoms with Gasteiger partial charge < -0.3 is 5.32 Å². The third-order valence-electron chi connectivity index (χ3n) is 2.71. The van der Waals surface area contributed by atoms with Gasteiger partial charge in [0.15, 0.2) is 0 Å². The van der Waals surface area contributed by atoms with Crippen LogP contribution in [-0.2, 0) is 0 Å². The summed E-state index contributed by atoms with van der Waals surface area (Å²) in [6.45, 7) is 1.40. The average molecular weight is 296 g/mol. The van der Waals surface area contributed by atoms with Crippen LogP contribution in [0.5, 0.6) is 0 Å². The van der Waals surface area contributed by atoms with E-state index < -0.39 is 28.6 Å². The van der Waals surface area contributed by atoms with Gasteiger partial charge in [0.1, 0.15) is 5.69 Å². The minimum Gasteiger partial charge on any atom is -0.320 e. The molecule has 1 aromatic carbocycles. The molecule has 2 aromatic rings. The number of carbonyl (C=O) groups is 1. The van der Waals surface area contributed by atoms with E-state index in [4.69, 9.17) is 0 Å². The molecule has 2 rings (SSSR count). The monoisotopic (exact) mass is 296 g/mol. The molecule has 0 aliphatic carbocycles. The van der Waals surface area contributed by atoms with Crippen LogP contribution in [0, 0.1) is 17.0 Å². The zero-order valence-corrected chi connectivity index (χ0v) is 10.8. The minimum atomic E-state index is -2.68. The van der Waals surface area contributed by atoms with Crippen molar-refractivity contribution in [1.82, 2.24) is 10.2 Å². The van der Waals surface area contributed by atoms with Crippen molar-refractivity contribution in [2.24, 2.45) is 0 Å². The predicted molar refractivity (Wildman–Crippen MR) is 69.3 cm³/mol. The van der Waals surface area contributed by atoms with Gasteiger partial charge in [0.2, 0.25) is 5.69 Å². The number of aryl methyl sites for hydroxylation is 1. The maximum Gasteiger partial charge on any atom is 0.322 e. The fraction of sp³-hybridized carbons (Fsp3) is 0.167. The molecule has 0 bridgehead atoms. The summed E-state index contributed by atoms with van der Waals surface area (Å²) in [6.07, 6.45) is -2.68. The van der Waals surface area contributed by atoms with E-state index in [-0.39, 0.29) is 16.9 Å². The SMILES string of the molecule is Cc1[nH]nc(C(=O)Nc2cccc(C(F)F)c2)c1[N+](=O)[O-]. The maximum absolute atomic E-state index is 12.6. The zero-order chi connectivity index (χ0) is 15.6. The summed E-state index contributed by atoms with van der Waals surface area (Å²) < 4.78 is 25.1. The van der Waals surface area contributed by atoms with Gasteiger partial charge in [-0.05, 0) is 19.1 Å². The van der Waals surface area contributed by atoms with Crippen LogP contribution in [0.25, 0.3) is 0 Å². The van der Waals surface area contributed by atoms with Crippen molar-refractivity contribution in [3.05, 3.63) is 51.3 Å². The Morgan fingerprint density at radius 3 is 2.81 bits per heavy atom. The molecule has 0 unspecified atom stereocenters. The lowest BCUT2D eigenvalue weighted by atomic mass is 10.2. The highest BCUT2D eigenvalue weighted by atomic mass is 19.3. The van der Waals surface area contributed by atoms with E-state index in [0.717, 1.165) is 6.07 Å². The molecule has 0 fully saturated rings. The van der Waals surface area contributed by atoms with Crippen molar-refractivity contribution in [3.8, 4) is 0 Å². The van der Waals surface area contributed by atoms with Crippen LogP contribution < -0.4 is 5.32 Å². The molecular weight excluding hydrogens is 286 g/mol. The molecule has 2 N–H and O–H groups in total. The molecule has 0 radical (unpaired) electrons. The molecule has 1 heterocycles. The second-order valence-electron chi connectivity index (χ2n) is 4.18. The number of nitro groups is 1. The van der Waals surface area contributed by atoms with Crippen LogP contribution in [0.3, 0.4) is 0 Å². The highest BCUT2D eigenvalue weighted by Gasteiger charge is 2.27. The van der Waals surface area contributed by atoms with Crippen molar-refractivity contribution in [2.45, 2.75) is 13.3 Å². The lowest BCUT2D eigenvalue weighted by Gasteiger charge is -2.05. The van der Waals surface area contributed by atoms with Gasteiger partial charge in [0.05, 0.1) is 4.92 Å². The van der Waals surface area contributed by atoms with Crippen LogP contribution in [0.2, 0.25) is 0 Å². The van der Waals surface area contributed by atoms with E-state index in [1.165, 1.54) is 25.1 Å². The van der Waals surface area contributed by atoms with Crippen LogP contribution in [0.4, 0.5) is 20.2 Å². The summed E-state index contributed by atoms with van der Waals surface area (Å²) >= 11 is 0. The molecule has 0 aliphatic rings. The predicted octanol–water partition coefficient (Wildman–Crippen LogP) is 2.82. The normalized spacial score (nSPS) is 10.7. The Kier molecular flexibility index (Phi) is 3.92. The zero-order valence-electron chi connectivity index (χ0n) is 10.8. The first-order valence-electron chi connectivity index (χ1n) is 5.79. The quantitative estimate of drug-likeness (QED) is 0.669.